The molecule has 0 saturated carbocycles. The molecule has 0 spiro atoms. The van der Waals surface area contributed by atoms with Gasteiger partial charge in [-0.1, -0.05) is 17.2 Å². The molecule has 0 aromatic heterocycles. The number of rotatable bonds is 1. The van der Waals surface area contributed by atoms with Gasteiger partial charge in [-0.25, -0.2) is 0 Å². The van der Waals surface area contributed by atoms with E-state index in [1.165, 1.54) is 6.07 Å². The molecule has 5 heteroatoms. The fourth-order valence-corrected chi connectivity index (χ4v) is 0.958. The van der Waals surface area contributed by atoms with Crippen LogP contribution in [0.25, 0.3) is 0 Å². The van der Waals surface area contributed by atoms with Crippen LogP contribution in [0.1, 0.15) is 11.9 Å². The second-order valence-corrected chi connectivity index (χ2v) is 2.37. The summed E-state index contributed by atoms with van der Waals surface area (Å²) in [6.07, 6.45) is -0.628. The lowest BCUT2D eigenvalue weighted by atomic mass is 10.1. The molecule has 1 saturated heterocycles. The fourth-order valence-electron chi connectivity index (χ4n) is 0.958. The first-order valence-electron chi connectivity index (χ1n) is 3.35. The van der Waals surface area contributed by atoms with Gasteiger partial charge in [-0.05, 0) is 6.07 Å². The van der Waals surface area contributed by atoms with Crippen molar-refractivity contribution < 1.29 is 19.9 Å². The minimum Gasteiger partial charge on any atom is -0.506 e. The molecule has 0 unspecified atom stereocenters. The number of para-hydroxylation sites is 1. The standard InChI is InChI=1S/C7H7NO4/c8-6-4(7-10-12-11-7)2-1-3-5(6)9/h1-3,7,9H,8H2. The lowest BCUT2D eigenvalue weighted by molar-refractivity contribution is -0.697. The fraction of sp³-hybridized carbons (Fsp3) is 0.143. The SMILES string of the molecule is Nc1c(O)cccc1C1OOO1. The minimum atomic E-state index is -0.628. The van der Waals surface area contributed by atoms with Gasteiger partial charge in [-0.3, -0.25) is 0 Å². The summed E-state index contributed by atoms with van der Waals surface area (Å²) in [5, 5.41) is 13.2. The van der Waals surface area contributed by atoms with Crippen molar-refractivity contribution in [1.29, 1.82) is 0 Å². The highest BCUT2D eigenvalue weighted by Gasteiger charge is 2.27. The minimum absolute atomic E-state index is 0.00611. The summed E-state index contributed by atoms with van der Waals surface area (Å²) < 4.78 is 0. The highest BCUT2D eigenvalue weighted by molar-refractivity contribution is 5.58. The second-order valence-electron chi connectivity index (χ2n) is 2.37. The highest BCUT2D eigenvalue weighted by atomic mass is 17.6. The van der Waals surface area contributed by atoms with E-state index in [0.717, 1.165) is 0 Å². The molecule has 1 aromatic rings. The van der Waals surface area contributed by atoms with Gasteiger partial charge in [0.25, 0.3) is 6.29 Å². The monoisotopic (exact) mass is 169 g/mol. The third-order valence-electron chi connectivity index (χ3n) is 1.62. The quantitative estimate of drug-likeness (QED) is 0.370. The van der Waals surface area contributed by atoms with Gasteiger partial charge >= 0.3 is 0 Å². The van der Waals surface area contributed by atoms with Crippen molar-refractivity contribution in [2.75, 3.05) is 5.73 Å². The van der Waals surface area contributed by atoms with Gasteiger partial charge in [0, 0.05) is 5.56 Å². The first-order chi connectivity index (χ1) is 5.79. The molecule has 5 nitrogen and oxygen atoms in total. The zero-order chi connectivity index (χ0) is 8.55. The molecule has 1 heterocycles. The number of hydrogen-bond donors (Lipinski definition) is 2. The molecule has 2 rings (SSSR count). The maximum Gasteiger partial charge on any atom is 0.257 e. The van der Waals surface area contributed by atoms with E-state index < -0.39 is 6.29 Å². The van der Waals surface area contributed by atoms with E-state index in [-0.39, 0.29) is 11.4 Å². The lowest BCUT2D eigenvalue weighted by Gasteiger charge is -2.23. The van der Waals surface area contributed by atoms with Crippen LogP contribution in [0.4, 0.5) is 5.69 Å². The molecule has 1 aromatic carbocycles. The molecular formula is C7H7NO4. The maximum absolute atomic E-state index is 9.19. The normalized spacial score (nSPS) is 17.3. The van der Waals surface area contributed by atoms with Crippen LogP contribution in [0.5, 0.6) is 5.75 Å². The number of anilines is 1. The van der Waals surface area contributed by atoms with Crippen LogP contribution < -0.4 is 5.73 Å². The zero-order valence-corrected chi connectivity index (χ0v) is 6.06. The van der Waals surface area contributed by atoms with Crippen molar-refractivity contribution in [3.63, 3.8) is 0 Å². The summed E-state index contributed by atoms with van der Waals surface area (Å²) >= 11 is 0. The number of benzene rings is 1. The van der Waals surface area contributed by atoms with Crippen LogP contribution in [-0.2, 0) is 14.8 Å². The van der Waals surface area contributed by atoms with Crippen LogP contribution in [-0.4, -0.2) is 5.11 Å². The van der Waals surface area contributed by atoms with Gasteiger partial charge in [0.05, 0.1) is 5.69 Å². The zero-order valence-electron chi connectivity index (χ0n) is 6.06. The van der Waals surface area contributed by atoms with E-state index in [9.17, 15) is 5.11 Å². The van der Waals surface area contributed by atoms with Gasteiger partial charge < -0.3 is 10.8 Å². The van der Waals surface area contributed by atoms with Crippen molar-refractivity contribution in [2.45, 2.75) is 6.29 Å². The Bertz CT molecular complexity index is 297. The van der Waals surface area contributed by atoms with E-state index in [1.54, 1.807) is 12.1 Å². The Morgan fingerprint density at radius 1 is 1.33 bits per heavy atom. The molecule has 1 aliphatic heterocycles. The van der Waals surface area contributed by atoms with Gasteiger partial charge in [-0.2, -0.15) is 9.78 Å². The van der Waals surface area contributed by atoms with Gasteiger partial charge in [0.15, 0.2) is 0 Å². The predicted octanol–water partition coefficient (Wildman–Crippen LogP) is 0.866. The first kappa shape index (κ1) is 7.35. The van der Waals surface area contributed by atoms with Gasteiger partial charge in [-0.15, -0.1) is 0 Å². The molecule has 0 atom stereocenters. The number of nitrogen functional groups attached to an aromatic ring is 1. The smallest absolute Gasteiger partial charge is 0.257 e. The molecule has 0 bridgehead atoms. The van der Waals surface area contributed by atoms with Crippen molar-refractivity contribution in [1.82, 2.24) is 0 Å². The van der Waals surface area contributed by atoms with Gasteiger partial charge in [0.1, 0.15) is 5.75 Å². The van der Waals surface area contributed by atoms with E-state index in [1.807, 2.05) is 0 Å². The third-order valence-corrected chi connectivity index (χ3v) is 1.62. The van der Waals surface area contributed by atoms with Crippen LogP contribution in [0.2, 0.25) is 0 Å². The molecule has 1 aliphatic rings. The molecule has 3 N–H and O–H groups in total. The average Bonchev–Trinajstić information content (AvgIpc) is 1.95. The van der Waals surface area contributed by atoms with Crippen LogP contribution >= 0.6 is 0 Å². The predicted molar refractivity (Wildman–Crippen MR) is 38.5 cm³/mol. The van der Waals surface area contributed by atoms with E-state index >= 15 is 0 Å². The topological polar surface area (TPSA) is 73.9 Å². The Balaban J connectivity index is 2.36. The molecule has 12 heavy (non-hydrogen) atoms. The molecule has 0 aliphatic carbocycles. The summed E-state index contributed by atoms with van der Waals surface area (Å²) in [7, 11) is 0. The Hall–Kier alpha value is -1.30. The molecule has 1 fully saturated rings. The summed E-state index contributed by atoms with van der Waals surface area (Å²) in [5.74, 6) is 0.00611. The molecule has 0 radical (unpaired) electrons. The second kappa shape index (κ2) is 2.63. The molecule has 0 amide bonds. The Morgan fingerprint density at radius 2 is 2.08 bits per heavy atom. The lowest BCUT2D eigenvalue weighted by Crippen LogP contribution is -2.20. The summed E-state index contributed by atoms with van der Waals surface area (Å²) in [4.78, 5) is 9.08. The van der Waals surface area contributed by atoms with Gasteiger partial charge in [0.2, 0.25) is 0 Å². The number of phenolic OH excluding ortho intramolecular Hbond substituents is 1. The summed E-state index contributed by atoms with van der Waals surface area (Å²) in [6.45, 7) is 0. The largest absolute Gasteiger partial charge is 0.506 e. The average molecular weight is 169 g/mol. The molecule has 64 valence electrons. The third kappa shape index (κ3) is 1.00. The van der Waals surface area contributed by atoms with Crippen molar-refractivity contribution in [3.05, 3.63) is 23.8 Å². The van der Waals surface area contributed by atoms with Crippen molar-refractivity contribution in [2.24, 2.45) is 0 Å². The summed E-state index contributed by atoms with van der Waals surface area (Å²) in [6, 6.07) is 4.81. The van der Waals surface area contributed by atoms with Crippen LogP contribution in [0.15, 0.2) is 18.2 Å². The first-order valence-corrected chi connectivity index (χ1v) is 3.35. The summed E-state index contributed by atoms with van der Waals surface area (Å²) in [5.41, 5.74) is 6.33. The number of hydrogen-bond acceptors (Lipinski definition) is 5. The molecular weight excluding hydrogens is 162 g/mol. The van der Waals surface area contributed by atoms with Crippen molar-refractivity contribution in [3.8, 4) is 5.75 Å². The van der Waals surface area contributed by atoms with E-state index in [4.69, 9.17) is 5.73 Å². The number of nitrogens with two attached hydrogens (primary N) is 1. The van der Waals surface area contributed by atoms with E-state index in [0.29, 0.717) is 5.56 Å². The van der Waals surface area contributed by atoms with E-state index in [2.05, 4.69) is 14.8 Å². The van der Waals surface area contributed by atoms with Crippen molar-refractivity contribution >= 4 is 5.69 Å². The number of phenols is 1. The maximum atomic E-state index is 9.19. The number of aromatic hydroxyl groups is 1. The van der Waals surface area contributed by atoms with Crippen LogP contribution in [0.3, 0.4) is 0 Å². The Labute approximate surface area is 68.1 Å². The van der Waals surface area contributed by atoms with Crippen LogP contribution in [0, 0.1) is 0 Å². The Morgan fingerprint density at radius 3 is 2.67 bits per heavy atom. The highest BCUT2D eigenvalue weighted by Crippen LogP contribution is 2.35. The Kier molecular flexibility index (Phi) is 1.61.